The maximum Gasteiger partial charge on any atom is 0.519 e. The van der Waals surface area contributed by atoms with E-state index < -0.39 is 6.36 Å². The fourth-order valence-corrected chi connectivity index (χ4v) is 3.97. The average molecular weight is 606 g/mol. The van der Waals surface area contributed by atoms with Gasteiger partial charge in [0, 0.05) is 24.7 Å². The molecule has 6 N–H and O–H groups in total. The SMILES string of the molecule is C[C@@H](Nc1cc(-c2ccc(Cl)c(N)c2N(N)PI)ncn1)C(=O)N1CCC1.OC(F)(F)F. The topological polar surface area (TPSA) is 134 Å². The van der Waals surface area contributed by atoms with Crippen LogP contribution in [0, 0.1) is 0 Å². The summed E-state index contributed by atoms with van der Waals surface area (Å²) in [6.45, 7) is 3.46. The maximum absolute atomic E-state index is 12.3. The molecule has 1 saturated heterocycles. The van der Waals surface area contributed by atoms with Crippen LogP contribution in [0.2, 0.25) is 5.02 Å². The molecule has 176 valence electrons. The molecule has 2 heterocycles. The summed E-state index contributed by atoms with van der Waals surface area (Å²) in [4.78, 5) is 22.7. The van der Waals surface area contributed by atoms with Crippen molar-refractivity contribution in [3.63, 3.8) is 0 Å². The van der Waals surface area contributed by atoms with E-state index in [1.165, 1.54) is 6.33 Å². The fraction of sp³-hybridized carbons (Fsp3) is 0.353. The molecule has 1 unspecified atom stereocenters. The van der Waals surface area contributed by atoms with Crippen LogP contribution >= 0.6 is 40.0 Å². The number of aromatic nitrogens is 2. The molecule has 2 aromatic rings. The summed E-state index contributed by atoms with van der Waals surface area (Å²) in [6, 6.07) is 4.94. The van der Waals surface area contributed by atoms with Crippen LogP contribution < -0.4 is 21.7 Å². The Hall–Kier alpha value is -1.67. The molecule has 0 saturated carbocycles. The highest BCUT2D eigenvalue weighted by Crippen LogP contribution is 2.43. The third-order valence-corrected chi connectivity index (χ3v) is 6.64. The summed E-state index contributed by atoms with van der Waals surface area (Å²) in [6.07, 6.45) is -2.23. The van der Waals surface area contributed by atoms with Crippen LogP contribution in [-0.4, -0.2) is 51.4 Å². The third-order valence-electron chi connectivity index (χ3n) is 4.34. The summed E-state index contributed by atoms with van der Waals surface area (Å²) in [5.74, 6) is 6.73. The highest BCUT2D eigenvalue weighted by molar-refractivity contribution is 14.2. The molecule has 1 fully saturated rings. The first-order valence-corrected chi connectivity index (χ1v) is 13.5. The van der Waals surface area contributed by atoms with Gasteiger partial charge >= 0.3 is 6.36 Å². The number of halogens is 5. The molecule has 0 aliphatic carbocycles. The van der Waals surface area contributed by atoms with Crippen molar-refractivity contribution in [2.45, 2.75) is 25.7 Å². The lowest BCUT2D eigenvalue weighted by atomic mass is 10.1. The molecule has 1 aromatic heterocycles. The largest absolute Gasteiger partial charge is 0.519 e. The van der Waals surface area contributed by atoms with Gasteiger partial charge in [-0.1, -0.05) is 11.6 Å². The zero-order valence-corrected chi connectivity index (χ0v) is 20.6. The molecule has 1 aliphatic rings. The van der Waals surface area contributed by atoms with Gasteiger partial charge in [-0.15, -0.1) is 13.2 Å². The zero-order valence-electron chi connectivity index (χ0n) is 16.7. The second-order valence-corrected chi connectivity index (χ2v) is 9.12. The molecule has 0 bridgehead atoms. The minimum Gasteiger partial charge on any atom is -0.396 e. The van der Waals surface area contributed by atoms with Gasteiger partial charge in [0.25, 0.3) is 0 Å². The lowest BCUT2D eigenvalue weighted by molar-refractivity contribution is -0.295. The highest BCUT2D eigenvalue weighted by atomic mass is 127. The predicted molar refractivity (Wildman–Crippen MR) is 128 cm³/mol. The van der Waals surface area contributed by atoms with E-state index in [4.69, 9.17) is 28.3 Å². The Morgan fingerprint density at radius 1 is 1.41 bits per heavy atom. The Labute approximate surface area is 202 Å². The van der Waals surface area contributed by atoms with Crippen molar-refractivity contribution >= 4 is 63.1 Å². The van der Waals surface area contributed by atoms with Crippen molar-refractivity contribution in [3.8, 4) is 11.3 Å². The third kappa shape index (κ3) is 7.44. The van der Waals surface area contributed by atoms with Gasteiger partial charge in [-0.2, -0.15) is 0 Å². The monoisotopic (exact) mass is 605 g/mol. The number of rotatable bonds is 6. The van der Waals surface area contributed by atoms with E-state index in [1.54, 1.807) is 16.9 Å². The number of nitrogen functional groups attached to an aromatic ring is 1. The molecule has 0 radical (unpaired) electrons. The maximum atomic E-state index is 12.3. The number of hydrazine groups is 1. The van der Waals surface area contributed by atoms with Crippen LogP contribution in [0.25, 0.3) is 11.3 Å². The smallest absolute Gasteiger partial charge is 0.396 e. The summed E-state index contributed by atoms with van der Waals surface area (Å²) in [5, 5.41) is 10.1. The molecule has 1 aliphatic heterocycles. The van der Waals surface area contributed by atoms with Gasteiger partial charge in [-0.25, -0.2) is 15.8 Å². The number of hydrogen-bond acceptors (Lipinski definition) is 8. The van der Waals surface area contributed by atoms with Crippen molar-refractivity contribution in [1.29, 1.82) is 0 Å². The summed E-state index contributed by atoms with van der Waals surface area (Å²) in [7, 11) is 0. The Morgan fingerprint density at radius 2 is 2.03 bits per heavy atom. The number of nitrogens with two attached hydrogens (primary N) is 2. The lowest BCUT2D eigenvalue weighted by Gasteiger charge is -2.33. The lowest BCUT2D eigenvalue weighted by Crippen LogP contribution is -2.48. The summed E-state index contributed by atoms with van der Waals surface area (Å²) >= 11 is 8.33. The van der Waals surface area contributed by atoms with Gasteiger partial charge in [-0.3, -0.25) is 9.57 Å². The van der Waals surface area contributed by atoms with Gasteiger partial charge in [0.15, 0.2) is 0 Å². The number of anilines is 3. The van der Waals surface area contributed by atoms with Gasteiger partial charge < -0.3 is 21.1 Å². The highest BCUT2D eigenvalue weighted by Gasteiger charge is 2.25. The molecule has 15 heteroatoms. The Balaban J connectivity index is 0.000000654. The number of alkyl halides is 3. The molecular weight excluding hydrogens is 585 g/mol. The second-order valence-electron chi connectivity index (χ2n) is 6.61. The normalized spacial score (nSPS) is 14.4. The van der Waals surface area contributed by atoms with Gasteiger partial charge in [-0.05, 0) is 47.5 Å². The van der Waals surface area contributed by atoms with Crippen LogP contribution in [0.5, 0.6) is 0 Å². The second kappa shape index (κ2) is 11.5. The van der Waals surface area contributed by atoms with Crippen molar-refractivity contribution < 1.29 is 23.1 Å². The number of hydrogen-bond donors (Lipinski definition) is 4. The van der Waals surface area contributed by atoms with Crippen LogP contribution in [0.15, 0.2) is 24.5 Å². The Bertz CT molecular complexity index is 947. The molecule has 3 rings (SSSR count). The average Bonchev–Trinajstić information content (AvgIpc) is 2.67. The zero-order chi connectivity index (χ0) is 24.1. The van der Waals surface area contributed by atoms with Gasteiger partial charge in [0.1, 0.15) is 18.2 Å². The minimum atomic E-state index is -5.00. The first-order chi connectivity index (χ1) is 14.9. The Kier molecular flexibility index (Phi) is 9.52. The van der Waals surface area contributed by atoms with E-state index >= 15 is 0 Å². The number of carbonyl (C=O) groups excluding carboxylic acids is 1. The quantitative estimate of drug-likeness (QED) is 0.129. The first kappa shape index (κ1) is 26.6. The molecule has 1 amide bonds. The number of likely N-dealkylation sites (tertiary alicyclic amines) is 1. The van der Waals surface area contributed by atoms with Crippen LogP contribution in [0.3, 0.4) is 0 Å². The van der Waals surface area contributed by atoms with E-state index in [-0.39, 0.29) is 18.3 Å². The van der Waals surface area contributed by atoms with E-state index in [0.29, 0.717) is 27.9 Å². The minimum absolute atomic E-state index is 0.0667. The van der Waals surface area contributed by atoms with Crippen molar-refractivity contribution in [1.82, 2.24) is 14.9 Å². The summed E-state index contributed by atoms with van der Waals surface area (Å²) in [5.41, 5.74) is 8.55. The molecule has 1 aromatic carbocycles. The van der Waals surface area contributed by atoms with E-state index in [9.17, 15) is 18.0 Å². The van der Waals surface area contributed by atoms with Crippen molar-refractivity contribution in [3.05, 3.63) is 29.5 Å². The fourth-order valence-electron chi connectivity index (χ4n) is 2.77. The molecule has 32 heavy (non-hydrogen) atoms. The molecular formula is C17H21ClF3IN7O2P. The summed E-state index contributed by atoms with van der Waals surface area (Å²) < 4.78 is 31.3. The molecule has 0 spiro atoms. The Morgan fingerprint density at radius 3 is 2.56 bits per heavy atom. The van der Waals surface area contributed by atoms with Crippen LogP contribution in [-0.2, 0) is 4.79 Å². The number of nitrogens with zero attached hydrogens (tertiary/aromatic N) is 4. The first-order valence-electron chi connectivity index (χ1n) is 9.08. The van der Waals surface area contributed by atoms with E-state index in [0.717, 1.165) is 25.1 Å². The molecule has 9 nitrogen and oxygen atoms in total. The van der Waals surface area contributed by atoms with Crippen molar-refractivity contribution in [2.24, 2.45) is 5.84 Å². The van der Waals surface area contributed by atoms with Crippen LogP contribution in [0.1, 0.15) is 13.3 Å². The predicted octanol–water partition coefficient (Wildman–Crippen LogP) is 3.53. The van der Waals surface area contributed by atoms with E-state index in [2.05, 4.69) is 37.3 Å². The van der Waals surface area contributed by atoms with E-state index in [1.807, 2.05) is 17.9 Å². The van der Waals surface area contributed by atoms with Gasteiger partial charge in [0.05, 0.1) is 28.5 Å². The number of amides is 1. The van der Waals surface area contributed by atoms with Crippen LogP contribution in [0.4, 0.5) is 30.4 Å². The van der Waals surface area contributed by atoms with Gasteiger partial charge in [0.2, 0.25) is 5.91 Å². The van der Waals surface area contributed by atoms with Crippen molar-refractivity contribution in [2.75, 3.05) is 28.9 Å². The standard InChI is InChI=1S/C16H20ClIN7OP.CHF3O/c1-9(16(26)24-5-2-6-24)23-13-7-12(21-8-22-13)10-3-4-11(17)14(19)15(10)25(20)27-18;2-1(3,4)5/h3-4,7-9,27H,2,5-6,19-20H2,1H3,(H,21,22,23);5H/t9-;/m1./s1. The number of carbonyl (C=O) groups is 1. The number of benzene rings is 1. The molecule has 2 atom stereocenters. The number of aliphatic hydroxyl groups is 1. The number of nitrogens with one attached hydrogen (secondary N) is 1.